The monoisotopic (exact) mass is 345 g/mol. The zero-order valence-corrected chi connectivity index (χ0v) is 14.0. The number of benzene rings is 1. The molecule has 0 unspecified atom stereocenters. The zero-order valence-electron chi connectivity index (χ0n) is 13.2. The fraction of sp³-hybridized carbons (Fsp3) is 0.294. The summed E-state index contributed by atoms with van der Waals surface area (Å²) in [4.78, 5) is 21.0. The van der Waals surface area contributed by atoms with Gasteiger partial charge in [-0.3, -0.25) is 4.79 Å². The molecule has 1 aliphatic rings. The predicted molar refractivity (Wildman–Crippen MR) is 91.1 cm³/mol. The van der Waals surface area contributed by atoms with Crippen LogP contribution in [-0.2, 0) is 0 Å². The molecule has 1 amide bonds. The Hall–Kier alpha value is -2.41. The fourth-order valence-electron chi connectivity index (χ4n) is 3.01. The van der Waals surface area contributed by atoms with E-state index >= 15 is 0 Å². The van der Waals surface area contributed by atoms with Crippen LogP contribution in [0.25, 0.3) is 11.0 Å². The number of halogens is 1. The summed E-state index contributed by atoms with van der Waals surface area (Å²) in [5.41, 5.74) is 1.23. The largest absolute Gasteiger partial charge is 0.451 e. The van der Waals surface area contributed by atoms with Gasteiger partial charge < -0.3 is 14.2 Å². The van der Waals surface area contributed by atoms with Gasteiger partial charge >= 0.3 is 0 Å². The van der Waals surface area contributed by atoms with Crippen molar-refractivity contribution in [3.05, 3.63) is 46.9 Å². The first-order valence-corrected chi connectivity index (χ1v) is 8.64. The van der Waals surface area contributed by atoms with Gasteiger partial charge in [0.15, 0.2) is 10.9 Å². The number of anilines is 1. The number of nitrogens with zero attached hydrogens (tertiary/aromatic N) is 3. The molecule has 3 aromatic rings. The van der Waals surface area contributed by atoms with E-state index < -0.39 is 0 Å². The third-order valence-electron chi connectivity index (χ3n) is 4.35. The van der Waals surface area contributed by atoms with Crippen molar-refractivity contribution in [2.24, 2.45) is 0 Å². The van der Waals surface area contributed by atoms with E-state index in [0.29, 0.717) is 35.4 Å². The van der Waals surface area contributed by atoms with Gasteiger partial charge in [-0.25, -0.2) is 9.37 Å². The van der Waals surface area contributed by atoms with Gasteiger partial charge in [0.05, 0.1) is 0 Å². The average Bonchev–Trinajstić information content (AvgIpc) is 3.24. The number of furan rings is 1. The Morgan fingerprint density at radius 3 is 2.79 bits per heavy atom. The zero-order chi connectivity index (χ0) is 16.7. The quantitative estimate of drug-likeness (QED) is 0.715. The minimum absolute atomic E-state index is 0.136. The molecule has 1 fully saturated rings. The molecule has 4 rings (SSSR count). The van der Waals surface area contributed by atoms with Gasteiger partial charge in [-0.15, -0.1) is 11.3 Å². The standard InChI is InChI=1S/C17H16FN3O2S/c1-11-13-10-12(18)2-3-14(13)23-15(11)16(22)20-5-7-21(8-6-20)17-19-4-9-24-17/h2-4,9-10H,5-8H2,1H3. The number of fused-ring (bicyclic) bond motifs is 1. The first-order chi connectivity index (χ1) is 11.6. The number of hydrogen-bond donors (Lipinski definition) is 0. The highest BCUT2D eigenvalue weighted by Crippen LogP contribution is 2.27. The number of piperazine rings is 1. The summed E-state index contributed by atoms with van der Waals surface area (Å²) < 4.78 is 19.1. The summed E-state index contributed by atoms with van der Waals surface area (Å²) in [5, 5.41) is 3.58. The first-order valence-electron chi connectivity index (χ1n) is 7.76. The van der Waals surface area contributed by atoms with E-state index in [9.17, 15) is 9.18 Å². The number of aryl methyl sites for hydroxylation is 1. The molecule has 7 heteroatoms. The molecular formula is C17H16FN3O2S. The minimum Gasteiger partial charge on any atom is -0.451 e. The Labute approximate surface area is 142 Å². The van der Waals surface area contributed by atoms with Crippen molar-refractivity contribution >= 4 is 33.3 Å². The third kappa shape index (κ3) is 2.54. The number of carbonyl (C=O) groups is 1. The van der Waals surface area contributed by atoms with Crippen LogP contribution in [0.5, 0.6) is 0 Å². The number of aromatic nitrogens is 1. The van der Waals surface area contributed by atoms with Crippen LogP contribution in [0.1, 0.15) is 16.1 Å². The number of amides is 1. The second-order valence-corrected chi connectivity index (χ2v) is 6.66. The summed E-state index contributed by atoms with van der Waals surface area (Å²) in [6.07, 6.45) is 1.79. The Morgan fingerprint density at radius 1 is 1.29 bits per heavy atom. The van der Waals surface area contributed by atoms with E-state index in [-0.39, 0.29) is 11.7 Å². The van der Waals surface area contributed by atoms with E-state index in [4.69, 9.17) is 4.42 Å². The molecule has 3 heterocycles. The molecule has 1 aromatic carbocycles. The number of carbonyl (C=O) groups excluding carboxylic acids is 1. The lowest BCUT2D eigenvalue weighted by Crippen LogP contribution is -2.48. The van der Waals surface area contributed by atoms with Crippen molar-refractivity contribution in [3.8, 4) is 0 Å². The van der Waals surface area contributed by atoms with Crippen LogP contribution in [0.15, 0.2) is 34.2 Å². The highest BCUT2D eigenvalue weighted by atomic mass is 32.1. The molecule has 24 heavy (non-hydrogen) atoms. The lowest BCUT2D eigenvalue weighted by molar-refractivity contribution is 0.0716. The maximum Gasteiger partial charge on any atom is 0.290 e. The molecule has 0 N–H and O–H groups in total. The third-order valence-corrected chi connectivity index (χ3v) is 5.18. The van der Waals surface area contributed by atoms with Gasteiger partial charge in [-0.05, 0) is 25.1 Å². The second kappa shape index (κ2) is 5.90. The van der Waals surface area contributed by atoms with E-state index in [1.54, 1.807) is 35.4 Å². The van der Waals surface area contributed by atoms with Crippen LogP contribution in [0.3, 0.4) is 0 Å². The van der Waals surface area contributed by atoms with Crippen molar-refractivity contribution in [1.29, 1.82) is 0 Å². The van der Waals surface area contributed by atoms with Crippen LogP contribution < -0.4 is 4.90 Å². The van der Waals surface area contributed by atoms with E-state index in [0.717, 1.165) is 18.2 Å². The smallest absolute Gasteiger partial charge is 0.290 e. The van der Waals surface area contributed by atoms with Crippen LogP contribution >= 0.6 is 11.3 Å². The highest BCUT2D eigenvalue weighted by Gasteiger charge is 2.27. The molecule has 0 spiro atoms. The van der Waals surface area contributed by atoms with Crippen molar-refractivity contribution in [2.45, 2.75) is 6.92 Å². The van der Waals surface area contributed by atoms with Crippen molar-refractivity contribution in [3.63, 3.8) is 0 Å². The van der Waals surface area contributed by atoms with Gasteiger partial charge in [0.1, 0.15) is 11.4 Å². The van der Waals surface area contributed by atoms with Crippen molar-refractivity contribution in [2.75, 3.05) is 31.1 Å². The van der Waals surface area contributed by atoms with Gasteiger partial charge in [0, 0.05) is 48.7 Å². The first kappa shape index (κ1) is 15.1. The summed E-state index contributed by atoms with van der Waals surface area (Å²) in [5.74, 6) is -0.163. The van der Waals surface area contributed by atoms with Gasteiger partial charge in [-0.1, -0.05) is 0 Å². The van der Waals surface area contributed by atoms with Gasteiger partial charge in [0.25, 0.3) is 5.91 Å². The average molecular weight is 345 g/mol. The van der Waals surface area contributed by atoms with Gasteiger partial charge in [-0.2, -0.15) is 0 Å². The molecule has 0 radical (unpaired) electrons. The lowest BCUT2D eigenvalue weighted by atomic mass is 10.1. The minimum atomic E-state index is -0.331. The van der Waals surface area contributed by atoms with Crippen LogP contribution in [-0.4, -0.2) is 42.0 Å². The molecule has 5 nitrogen and oxygen atoms in total. The summed E-state index contributed by atoms with van der Waals surface area (Å²) in [6.45, 7) is 4.51. The molecule has 0 aliphatic carbocycles. The molecule has 124 valence electrons. The van der Waals surface area contributed by atoms with Crippen molar-refractivity contribution < 1.29 is 13.6 Å². The lowest BCUT2D eigenvalue weighted by Gasteiger charge is -2.34. The summed E-state index contributed by atoms with van der Waals surface area (Å²) in [7, 11) is 0. The van der Waals surface area contributed by atoms with Crippen molar-refractivity contribution in [1.82, 2.24) is 9.88 Å². The molecular weight excluding hydrogens is 329 g/mol. The van der Waals surface area contributed by atoms with Crippen LogP contribution in [0.2, 0.25) is 0 Å². The number of thiazole rings is 1. The fourth-order valence-corrected chi connectivity index (χ4v) is 3.71. The predicted octanol–water partition coefficient (Wildman–Crippen LogP) is 3.30. The van der Waals surface area contributed by atoms with E-state index in [1.165, 1.54) is 12.1 Å². The highest BCUT2D eigenvalue weighted by molar-refractivity contribution is 7.13. The normalized spacial score (nSPS) is 15.2. The number of rotatable bonds is 2. The Morgan fingerprint density at radius 2 is 2.08 bits per heavy atom. The Balaban J connectivity index is 1.53. The summed E-state index contributed by atoms with van der Waals surface area (Å²) >= 11 is 1.60. The van der Waals surface area contributed by atoms with Crippen LogP contribution in [0.4, 0.5) is 9.52 Å². The SMILES string of the molecule is Cc1c(C(=O)N2CCN(c3nccs3)CC2)oc2ccc(F)cc12. The number of hydrogen-bond acceptors (Lipinski definition) is 5. The van der Waals surface area contributed by atoms with Gasteiger partial charge in [0.2, 0.25) is 0 Å². The van der Waals surface area contributed by atoms with Crippen LogP contribution in [0, 0.1) is 12.7 Å². The van der Waals surface area contributed by atoms with E-state index in [1.807, 2.05) is 5.38 Å². The topological polar surface area (TPSA) is 49.6 Å². The van der Waals surface area contributed by atoms with E-state index in [2.05, 4.69) is 9.88 Å². The Kier molecular flexibility index (Phi) is 3.72. The molecule has 0 saturated carbocycles. The second-order valence-electron chi connectivity index (χ2n) is 5.79. The Bertz CT molecular complexity index is 883. The molecule has 0 bridgehead atoms. The maximum absolute atomic E-state index is 13.4. The maximum atomic E-state index is 13.4. The molecule has 2 aromatic heterocycles. The molecule has 1 aliphatic heterocycles. The molecule has 1 saturated heterocycles. The summed E-state index contributed by atoms with van der Waals surface area (Å²) in [6, 6.07) is 4.31. The molecule has 0 atom stereocenters.